The highest BCUT2D eigenvalue weighted by atomic mass is 15.0. The van der Waals surface area contributed by atoms with Gasteiger partial charge in [-0.05, 0) is 36.4 Å². The molecule has 20 heavy (non-hydrogen) atoms. The quantitative estimate of drug-likeness (QED) is 0.549. The van der Waals surface area contributed by atoms with Gasteiger partial charge in [0.25, 0.3) is 0 Å². The summed E-state index contributed by atoms with van der Waals surface area (Å²) in [5, 5.41) is 1.26. The van der Waals surface area contributed by atoms with Gasteiger partial charge in [-0.1, -0.05) is 42.5 Å². The molecule has 1 aromatic heterocycles. The first-order valence-corrected chi connectivity index (χ1v) is 6.73. The Morgan fingerprint density at radius 1 is 0.850 bits per heavy atom. The zero-order valence-electron chi connectivity index (χ0n) is 11.0. The zero-order chi connectivity index (χ0) is 13.4. The molecule has 0 saturated carbocycles. The summed E-state index contributed by atoms with van der Waals surface area (Å²) in [5.74, 6) is 0. The number of hydrogen-bond acceptors (Lipinski definition) is 0. The Hall–Kier alpha value is -2.76. The lowest BCUT2D eigenvalue weighted by Gasteiger charge is -2.08. The van der Waals surface area contributed by atoms with Crippen LogP contribution in [-0.4, -0.2) is 4.57 Å². The topological polar surface area (TPSA) is 4.93 Å². The summed E-state index contributed by atoms with van der Waals surface area (Å²) in [5.41, 5.74) is 8.06. The molecule has 4 rings (SSSR count). The zero-order valence-corrected chi connectivity index (χ0v) is 11.0. The van der Waals surface area contributed by atoms with Crippen LogP contribution >= 0.6 is 0 Å². The Morgan fingerprint density at radius 2 is 1.65 bits per heavy atom. The number of fused-ring (bicyclic) bond motifs is 3. The monoisotopic (exact) mass is 255 g/mol. The molecular formula is C19H13N. The molecule has 3 aromatic rings. The number of rotatable bonds is 1. The molecule has 0 fully saturated rings. The highest BCUT2D eigenvalue weighted by Gasteiger charge is 2.14. The molecule has 0 bridgehead atoms. The maximum Gasteiger partial charge on any atom is 0.0547 e. The van der Waals surface area contributed by atoms with Crippen molar-refractivity contribution < 1.29 is 0 Å². The third-order valence-electron chi connectivity index (χ3n) is 3.64. The van der Waals surface area contributed by atoms with Crippen molar-refractivity contribution in [3.63, 3.8) is 0 Å². The van der Waals surface area contributed by atoms with Crippen molar-refractivity contribution in [3.05, 3.63) is 83.7 Å². The number of aromatic nitrogens is 1. The Kier molecular flexibility index (Phi) is 2.45. The number of allylic oxidation sites excluding steroid dienone is 2. The van der Waals surface area contributed by atoms with Crippen molar-refractivity contribution in [1.82, 2.24) is 4.57 Å². The molecule has 0 aliphatic heterocycles. The van der Waals surface area contributed by atoms with Gasteiger partial charge in [0.1, 0.15) is 0 Å². The fourth-order valence-corrected chi connectivity index (χ4v) is 2.78. The van der Waals surface area contributed by atoms with E-state index in [1.807, 2.05) is 18.2 Å². The van der Waals surface area contributed by atoms with Crippen LogP contribution in [0.15, 0.2) is 72.5 Å². The fourth-order valence-electron chi connectivity index (χ4n) is 2.78. The van der Waals surface area contributed by atoms with Gasteiger partial charge in [-0.2, -0.15) is 0 Å². The highest BCUT2D eigenvalue weighted by Crippen LogP contribution is 2.31. The van der Waals surface area contributed by atoms with Gasteiger partial charge >= 0.3 is 0 Å². The van der Waals surface area contributed by atoms with Crippen LogP contribution in [0.25, 0.3) is 28.7 Å². The predicted octanol–water partition coefficient (Wildman–Crippen LogP) is 4.83. The average Bonchev–Trinajstić information content (AvgIpc) is 2.65. The van der Waals surface area contributed by atoms with Gasteiger partial charge in [-0.3, -0.25) is 0 Å². The lowest BCUT2D eigenvalue weighted by Crippen LogP contribution is -1.96. The molecule has 1 nitrogen and oxygen atoms in total. The molecule has 0 saturated heterocycles. The summed E-state index contributed by atoms with van der Waals surface area (Å²) in [6.07, 6.45) is 8.21. The smallest absolute Gasteiger partial charge is 0.0547 e. The predicted molar refractivity (Wildman–Crippen MR) is 84.9 cm³/mol. The summed E-state index contributed by atoms with van der Waals surface area (Å²) in [6, 6.07) is 19.0. The molecule has 1 aliphatic carbocycles. The lowest BCUT2D eigenvalue weighted by atomic mass is 10.1. The van der Waals surface area contributed by atoms with E-state index in [-0.39, 0.29) is 0 Å². The summed E-state index contributed by atoms with van der Waals surface area (Å²) in [4.78, 5) is 0. The van der Waals surface area contributed by atoms with Gasteiger partial charge in [-0.15, -0.1) is 5.73 Å². The van der Waals surface area contributed by atoms with Crippen LogP contribution in [0.4, 0.5) is 0 Å². The first-order chi connectivity index (χ1) is 9.95. The van der Waals surface area contributed by atoms with E-state index in [4.69, 9.17) is 0 Å². The minimum Gasteiger partial charge on any atom is -0.309 e. The van der Waals surface area contributed by atoms with E-state index in [1.165, 1.54) is 27.8 Å². The fraction of sp³-hybridized carbons (Fsp3) is 0. The molecule has 0 spiro atoms. The molecule has 1 aliphatic rings. The molecule has 0 atom stereocenters. The molecule has 94 valence electrons. The van der Waals surface area contributed by atoms with Crippen LogP contribution in [0.2, 0.25) is 0 Å². The van der Waals surface area contributed by atoms with Crippen LogP contribution in [0.5, 0.6) is 0 Å². The molecule has 0 amide bonds. The van der Waals surface area contributed by atoms with Crippen LogP contribution in [0.1, 0.15) is 11.3 Å². The normalized spacial score (nSPS) is 12.6. The van der Waals surface area contributed by atoms with E-state index < -0.39 is 0 Å². The van der Waals surface area contributed by atoms with E-state index in [2.05, 4.69) is 71.0 Å². The molecule has 0 radical (unpaired) electrons. The second-order valence-corrected chi connectivity index (χ2v) is 4.82. The number of hydrogen-bond donors (Lipinski definition) is 0. The van der Waals surface area contributed by atoms with Crippen molar-refractivity contribution in [1.29, 1.82) is 0 Å². The third-order valence-corrected chi connectivity index (χ3v) is 3.64. The molecule has 1 heteroatoms. The van der Waals surface area contributed by atoms with Gasteiger partial charge in [0.15, 0.2) is 0 Å². The van der Waals surface area contributed by atoms with Gasteiger partial charge in [0.05, 0.1) is 11.2 Å². The largest absolute Gasteiger partial charge is 0.309 e. The Balaban J connectivity index is 2.17. The number of benzene rings is 2. The van der Waals surface area contributed by atoms with Crippen molar-refractivity contribution in [2.45, 2.75) is 0 Å². The standard InChI is InChI=1S/C19H13N/c1-3-9-15(10-4-1)20-18-13-6-2-5-11-16(18)17-12-7-8-14-19(17)20/h1-4,6-14H. The third kappa shape index (κ3) is 1.58. The number of nitrogens with zero attached hydrogens (tertiary/aromatic N) is 1. The Bertz CT molecular complexity index is 873. The molecule has 0 unspecified atom stereocenters. The van der Waals surface area contributed by atoms with Crippen LogP contribution in [0, 0.1) is 0 Å². The maximum absolute atomic E-state index is 3.21. The van der Waals surface area contributed by atoms with Gasteiger partial charge < -0.3 is 4.57 Å². The second-order valence-electron chi connectivity index (χ2n) is 4.82. The molecular weight excluding hydrogens is 242 g/mol. The van der Waals surface area contributed by atoms with Crippen molar-refractivity contribution in [2.75, 3.05) is 0 Å². The van der Waals surface area contributed by atoms with E-state index in [0.29, 0.717) is 0 Å². The summed E-state index contributed by atoms with van der Waals surface area (Å²) in [7, 11) is 0. The van der Waals surface area contributed by atoms with Crippen molar-refractivity contribution in [2.24, 2.45) is 0 Å². The average molecular weight is 255 g/mol. The summed E-state index contributed by atoms with van der Waals surface area (Å²) < 4.78 is 2.30. The lowest BCUT2D eigenvalue weighted by molar-refractivity contribution is 1.11. The molecule has 2 aromatic carbocycles. The Morgan fingerprint density at radius 3 is 2.55 bits per heavy atom. The van der Waals surface area contributed by atoms with E-state index >= 15 is 0 Å². The summed E-state index contributed by atoms with van der Waals surface area (Å²) >= 11 is 0. The minimum absolute atomic E-state index is 1.19. The van der Waals surface area contributed by atoms with E-state index in [0.717, 1.165) is 0 Å². The minimum atomic E-state index is 1.19. The SMILES string of the molecule is C1=CC=Cc2c(c3ccccc3n2-c2ccccc2)C=1. The van der Waals surface area contributed by atoms with Crippen LogP contribution < -0.4 is 0 Å². The van der Waals surface area contributed by atoms with Crippen molar-refractivity contribution in [3.8, 4) is 5.69 Å². The van der Waals surface area contributed by atoms with E-state index in [9.17, 15) is 0 Å². The molecule has 1 heterocycles. The van der Waals surface area contributed by atoms with Gasteiger partial charge in [-0.25, -0.2) is 0 Å². The first-order valence-electron chi connectivity index (χ1n) is 6.73. The second kappa shape index (κ2) is 4.41. The maximum atomic E-state index is 3.21. The highest BCUT2D eigenvalue weighted by molar-refractivity contribution is 5.95. The first kappa shape index (κ1) is 11.1. The van der Waals surface area contributed by atoms with Crippen molar-refractivity contribution >= 4 is 23.1 Å². The van der Waals surface area contributed by atoms with Gasteiger partial charge in [0, 0.05) is 16.6 Å². The van der Waals surface area contributed by atoms with E-state index in [1.54, 1.807) is 0 Å². The van der Waals surface area contributed by atoms with Crippen LogP contribution in [-0.2, 0) is 0 Å². The van der Waals surface area contributed by atoms with Crippen LogP contribution in [0.3, 0.4) is 0 Å². The molecule has 0 N–H and O–H groups in total. The van der Waals surface area contributed by atoms with Gasteiger partial charge in [0.2, 0.25) is 0 Å². The Labute approximate surface area is 117 Å². The summed E-state index contributed by atoms with van der Waals surface area (Å²) in [6.45, 7) is 0. The number of para-hydroxylation sites is 2.